The number of carbonyl (C=O) groups excluding carboxylic acids is 3. The molecule has 1 fully saturated rings. The van der Waals surface area contributed by atoms with Crippen LogP contribution in [0.15, 0.2) is 40.2 Å². The SMILES string of the molecule is COC(=O)C=C1SC(=NC(=O)c2ccc(OC)cc2)NC1=O. The quantitative estimate of drug-likeness (QED) is 0.662. The van der Waals surface area contributed by atoms with Crippen LogP contribution in [0, 0.1) is 0 Å². The number of benzene rings is 1. The Labute approximate surface area is 130 Å². The Hall–Kier alpha value is -2.61. The zero-order chi connectivity index (χ0) is 16.1. The number of nitrogens with zero attached hydrogens (tertiary/aromatic N) is 1. The molecule has 0 unspecified atom stereocenters. The van der Waals surface area contributed by atoms with Gasteiger partial charge in [-0.05, 0) is 36.0 Å². The van der Waals surface area contributed by atoms with Crippen molar-refractivity contribution in [2.24, 2.45) is 4.99 Å². The van der Waals surface area contributed by atoms with Gasteiger partial charge in [0.2, 0.25) is 0 Å². The van der Waals surface area contributed by atoms with Gasteiger partial charge in [-0.15, -0.1) is 0 Å². The van der Waals surface area contributed by atoms with Crippen LogP contribution in [-0.2, 0) is 14.3 Å². The molecule has 1 aromatic carbocycles. The fourth-order valence-electron chi connectivity index (χ4n) is 1.54. The van der Waals surface area contributed by atoms with Crippen LogP contribution in [0.4, 0.5) is 0 Å². The van der Waals surface area contributed by atoms with E-state index in [1.54, 1.807) is 24.3 Å². The molecular weight excluding hydrogens is 308 g/mol. The van der Waals surface area contributed by atoms with Gasteiger partial charge in [-0.3, -0.25) is 9.59 Å². The van der Waals surface area contributed by atoms with E-state index < -0.39 is 17.8 Å². The number of amidine groups is 1. The molecule has 0 aliphatic carbocycles. The highest BCUT2D eigenvalue weighted by Crippen LogP contribution is 2.24. The van der Waals surface area contributed by atoms with Gasteiger partial charge >= 0.3 is 5.97 Å². The molecule has 2 amide bonds. The predicted octanol–water partition coefficient (Wildman–Crippen LogP) is 1.11. The molecule has 0 saturated carbocycles. The molecule has 1 aromatic rings. The molecular formula is C14H12N2O5S. The lowest BCUT2D eigenvalue weighted by Crippen LogP contribution is -2.21. The summed E-state index contributed by atoms with van der Waals surface area (Å²) in [5.41, 5.74) is 0.355. The number of thioether (sulfide) groups is 1. The average Bonchev–Trinajstić information content (AvgIpc) is 2.86. The van der Waals surface area contributed by atoms with Gasteiger partial charge in [0, 0.05) is 11.6 Å². The number of ether oxygens (including phenoxy) is 2. The summed E-state index contributed by atoms with van der Waals surface area (Å²) in [6.07, 6.45) is 1.04. The van der Waals surface area contributed by atoms with Crippen LogP contribution in [0.1, 0.15) is 10.4 Å². The number of nitrogens with one attached hydrogen (secondary N) is 1. The van der Waals surface area contributed by atoms with Crippen LogP contribution in [0.5, 0.6) is 5.75 Å². The van der Waals surface area contributed by atoms with Crippen molar-refractivity contribution in [3.8, 4) is 5.75 Å². The minimum absolute atomic E-state index is 0.112. The number of hydrogen-bond acceptors (Lipinski definition) is 6. The van der Waals surface area contributed by atoms with Gasteiger partial charge in [0.15, 0.2) is 5.17 Å². The summed E-state index contributed by atoms with van der Waals surface area (Å²) < 4.78 is 9.44. The highest BCUT2D eigenvalue weighted by atomic mass is 32.2. The number of esters is 1. The van der Waals surface area contributed by atoms with E-state index in [9.17, 15) is 14.4 Å². The predicted molar refractivity (Wildman–Crippen MR) is 80.6 cm³/mol. The largest absolute Gasteiger partial charge is 0.497 e. The van der Waals surface area contributed by atoms with Gasteiger partial charge < -0.3 is 14.8 Å². The third-order valence-electron chi connectivity index (χ3n) is 2.64. The van der Waals surface area contributed by atoms with E-state index in [1.165, 1.54) is 14.2 Å². The summed E-state index contributed by atoms with van der Waals surface area (Å²) in [6, 6.07) is 6.41. The summed E-state index contributed by atoms with van der Waals surface area (Å²) in [5.74, 6) is -1.04. The van der Waals surface area contributed by atoms with Crippen molar-refractivity contribution in [1.82, 2.24) is 5.32 Å². The monoisotopic (exact) mass is 320 g/mol. The van der Waals surface area contributed by atoms with Crippen molar-refractivity contribution < 1.29 is 23.9 Å². The molecule has 7 nitrogen and oxygen atoms in total. The molecule has 1 aliphatic rings. The smallest absolute Gasteiger partial charge is 0.331 e. The number of rotatable bonds is 3. The molecule has 0 bridgehead atoms. The summed E-state index contributed by atoms with van der Waals surface area (Å²) in [7, 11) is 2.73. The fourth-order valence-corrected chi connectivity index (χ4v) is 2.32. The molecule has 2 rings (SSSR count). The Balaban J connectivity index is 2.13. The highest BCUT2D eigenvalue weighted by molar-refractivity contribution is 8.18. The molecule has 0 radical (unpaired) electrons. The number of hydrogen-bond donors (Lipinski definition) is 1. The van der Waals surface area contributed by atoms with Gasteiger partial charge in [-0.1, -0.05) is 0 Å². The summed E-state index contributed by atoms with van der Waals surface area (Å²) >= 11 is 0.897. The van der Waals surface area contributed by atoms with Crippen molar-refractivity contribution in [3.05, 3.63) is 40.8 Å². The molecule has 8 heteroatoms. The Kier molecular flexibility index (Phi) is 4.95. The molecule has 1 saturated heterocycles. The average molecular weight is 320 g/mol. The second-order valence-electron chi connectivity index (χ2n) is 4.04. The van der Waals surface area contributed by atoms with Crippen molar-refractivity contribution >= 4 is 34.7 Å². The summed E-state index contributed by atoms with van der Waals surface area (Å²) in [4.78, 5) is 38.7. The lowest BCUT2D eigenvalue weighted by atomic mass is 10.2. The Bertz CT molecular complexity index is 679. The molecule has 1 aliphatic heterocycles. The third-order valence-corrected chi connectivity index (χ3v) is 3.55. The van der Waals surface area contributed by atoms with Gasteiger partial charge in [-0.2, -0.15) is 4.99 Å². The first kappa shape index (κ1) is 15.8. The first-order valence-corrected chi connectivity index (χ1v) is 6.91. The van der Waals surface area contributed by atoms with Crippen LogP contribution >= 0.6 is 11.8 Å². The van der Waals surface area contributed by atoms with Crippen LogP contribution < -0.4 is 10.1 Å². The Morgan fingerprint density at radius 2 is 1.91 bits per heavy atom. The van der Waals surface area contributed by atoms with Crippen molar-refractivity contribution in [3.63, 3.8) is 0 Å². The second-order valence-corrected chi connectivity index (χ2v) is 5.07. The van der Waals surface area contributed by atoms with E-state index in [4.69, 9.17) is 4.74 Å². The topological polar surface area (TPSA) is 94.1 Å². The van der Waals surface area contributed by atoms with Crippen LogP contribution in [0.25, 0.3) is 0 Å². The van der Waals surface area contributed by atoms with Crippen molar-refractivity contribution in [1.29, 1.82) is 0 Å². The lowest BCUT2D eigenvalue weighted by Gasteiger charge is -2.00. The van der Waals surface area contributed by atoms with E-state index >= 15 is 0 Å². The van der Waals surface area contributed by atoms with Gasteiger partial charge in [-0.25, -0.2) is 4.79 Å². The maximum Gasteiger partial charge on any atom is 0.331 e. The Morgan fingerprint density at radius 3 is 2.50 bits per heavy atom. The minimum atomic E-state index is -0.652. The van der Waals surface area contributed by atoms with Crippen LogP contribution in [-0.4, -0.2) is 37.2 Å². The Morgan fingerprint density at radius 1 is 1.23 bits per heavy atom. The first-order valence-electron chi connectivity index (χ1n) is 6.09. The van der Waals surface area contributed by atoms with E-state index in [2.05, 4.69) is 15.0 Å². The number of carbonyl (C=O) groups is 3. The van der Waals surface area contributed by atoms with Crippen molar-refractivity contribution in [2.45, 2.75) is 0 Å². The van der Waals surface area contributed by atoms with E-state index in [0.717, 1.165) is 17.8 Å². The lowest BCUT2D eigenvalue weighted by molar-refractivity contribution is -0.135. The van der Waals surface area contributed by atoms with Gasteiger partial charge in [0.1, 0.15) is 5.75 Å². The molecule has 1 heterocycles. The van der Waals surface area contributed by atoms with Crippen LogP contribution in [0.3, 0.4) is 0 Å². The first-order chi connectivity index (χ1) is 10.5. The van der Waals surface area contributed by atoms with Gasteiger partial charge in [0.25, 0.3) is 11.8 Å². The molecule has 0 spiro atoms. The zero-order valence-corrected chi connectivity index (χ0v) is 12.6. The second kappa shape index (κ2) is 6.90. The zero-order valence-electron chi connectivity index (χ0n) is 11.8. The van der Waals surface area contributed by atoms with Crippen LogP contribution in [0.2, 0.25) is 0 Å². The fraction of sp³-hybridized carbons (Fsp3) is 0.143. The van der Waals surface area contributed by atoms with E-state index in [0.29, 0.717) is 11.3 Å². The summed E-state index contributed by atoms with van der Waals surface area (Å²) in [5, 5.41) is 2.52. The number of amides is 2. The molecule has 22 heavy (non-hydrogen) atoms. The van der Waals surface area contributed by atoms with Gasteiger partial charge in [0.05, 0.1) is 19.1 Å². The number of aliphatic imine (C=N–C) groups is 1. The number of methoxy groups -OCH3 is 2. The molecule has 0 atom stereocenters. The molecule has 114 valence electrons. The molecule has 1 N–H and O–H groups in total. The highest BCUT2D eigenvalue weighted by Gasteiger charge is 2.25. The maximum atomic E-state index is 12.0. The maximum absolute atomic E-state index is 12.0. The standard InChI is InChI=1S/C14H12N2O5S/c1-20-9-5-3-8(4-6-9)12(18)15-14-16-13(19)10(22-14)7-11(17)21-2/h3-7H,1-2H3,(H,15,16,18,19). The molecule has 0 aromatic heterocycles. The third kappa shape index (κ3) is 3.73. The van der Waals surface area contributed by atoms with E-state index in [-0.39, 0.29) is 10.1 Å². The normalized spacial score (nSPS) is 17.5. The summed E-state index contributed by atoms with van der Waals surface area (Å²) in [6.45, 7) is 0. The minimum Gasteiger partial charge on any atom is -0.497 e. The van der Waals surface area contributed by atoms with Crippen molar-refractivity contribution in [2.75, 3.05) is 14.2 Å². The van der Waals surface area contributed by atoms with E-state index in [1.807, 2.05) is 0 Å².